The minimum atomic E-state index is -0.0826. The quantitative estimate of drug-likeness (QED) is 0.391. The highest BCUT2D eigenvalue weighted by molar-refractivity contribution is 6.06. The van der Waals surface area contributed by atoms with E-state index in [2.05, 4.69) is 62.4 Å². The van der Waals surface area contributed by atoms with Gasteiger partial charge in [0.15, 0.2) is 11.5 Å². The molecule has 4 aromatic rings. The second-order valence-corrected chi connectivity index (χ2v) is 11.1. The van der Waals surface area contributed by atoms with Crippen LogP contribution in [0.2, 0.25) is 0 Å². The smallest absolute Gasteiger partial charge is 0.254 e. The molecule has 200 valence electrons. The molecule has 1 amide bonds. The van der Waals surface area contributed by atoms with E-state index in [0.29, 0.717) is 18.0 Å². The van der Waals surface area contributed by atoms with Crippen LogP contribution in [0, 0.1) is 0 Å². The van der Waals surface area contributed by atoms with Crippen LogP contribution >= 0.6 is 0 Å². The van der Waals surface area contributed by atoms with Crippen LogP contribution in [0.1, 0.15) is 63.6 Å². The van der Waals surface area contributed by atoms with Gasteiger partial charge in [-0.2, -0.15) is 0 Å². The van der Waals surface area contributed by atoms with Crippen molar-refractivity contribution in [3.05, 3.63) is 70.0 Å². The maximum absolute atomic E-state index is 13.1. The number of aryl methyl sites for hydroxylation is 2. The molecule has 9 heteroatoms. The van der Waals surface area contributed by atoms with E-state index in [1.165, 1.54) is 16.8 Å². The Morgan fingerprint density at radius 1 is 1.08 bits per heavy atom. The van der Waals surface area contributed by atoms with E-state index in [9.17, 15) is 4.79 Å². The van der Waals surface area contributed by atoms with Gasteiger partial charge in [0.2, 0.25) is 0 Å². The summed E-state index contributed by atoms with van der Waals surface area (Å²) in [4.78, 5) is 20.3. The number of fused-ring (bicyclic) bond motifs is 4. The first-order chi connectivity index (χ1) is 19.1. The Kier molecular flexibility index (Phi) is 6.05. The van der Waals surface area contributed by atoms with Gasteiger partial charge in [0.25, 0.3) is 5.91 Å². The molecule has 1 saturated heterocycles. The van der Waals surface area contributed by atoms with Crippen molar-refractivity contribution in [2.75, 3.05) is 32.6 Å². The van der Waals surface area contributed by atoms with E-state index in [1.54, 1.807) is 0 Å². The summed E-state index contributed by atoms with van der Waals surface area (Å²) in [7, 11) is 4.13. The van der Waals surface area contributed by atoms with Crippen LogP contribution in [-0.4, -0.2) is 57.7 Å². The Morgan fingerprint density at radius 2 is 1.95 bits per heavy atom. The lowest BCUT2D eigenvalue weighted by atomic mass is 9.90. The number of carbonyl (C=O) groups is 1. The average molecular weight is 524 g/mol. The zero-order valence-corrected chi connectivity index (χ0v) is 22.5. The van der Waals surface area contributed by atoms with Crippen LogP contribution in [0.15, 0.2) is 36.4 Å². The monoisotopic (exact) mass is 523 g/mol. The van der Waals surface area contributed by atoms with Crippen LogP contribution < -0.4 is 10.6 Å². The normalized spacial score (nSPS) is 17.1. The van der Waals surface area contributed by atoms with E-state index in [1.807, 2.05) is 18.2 Å². The van der Waals surface area contributed by atoms with Gasteiger partial charge in [-0.25, -0.2) is 4.98 Å². The number of amides is 1. The Morgan fingerprint density at radius 3 is 2.79 bits per heavy atom. The van der Waals surface area contributed by atoms with Gasteiger partial charge < -0.3 is 20.3 Å². The molecule has 1 aliphatic carbocycles. The maximum Gasteiger partial charge on any atom is 0.254 e. The Balaban J connectivity index is 1.27. The summed E-state index contributed by atoms with van der Waals surface area (Å²) in [5, 5.41) is 15.5. The largest absolute Gasteiger partial charge is 0.381 e. The van der Waals surface area contributed by atoms with Gasteiger partial charge in [-0.1, -0.05) is 12.1 Å². The van der Waals surface area contributed by atoms with Crippen LogP contribution in [0.3, 0.4) is 0 Å². The fourth-order valence-electron chi connectivity index (χ4n) is 6.39. The number of nitrogens with one attached hydrogen (secondary N) is 2. The van der Waals surface area contributed by atoms with Crippen LogP contribution in [0.5, 0.6) is 0 Å². The maximum atomic E-state index is 13.1. The number of hydrogen-bond donors (Lipinski definition) is 2. The Bertz CT molecular complexity index is 1590. The first-order valence-corrected chi connectivity index (χ1v) is 13.9. The lowest BCUT2D eigenvalue weighted by molar-refractivity contribution is 0.0849. The van der Waals surface area contributed by atoms with Gasteiger partial charge in [-0.15, -0.1) is 10.2 Å². The molecule has 5 heterocycles. The van der Waals surface area contributed by atoms with Crippen LogP contribution in [0.4, 0.5) is 11.5 Å². The zero-order chi connectivity index (χ0) is 26.5. The van der Waals surface area contributed by atoms with Crippen molar-refractivity contribution < 1.29 is 9.53 Å². The van der Waals surface area contributed by atoms with Gasteiger partial charge in [0.05, 0.1) is 16.9 Å². The minimum absolute atomic E-state index is 0.0826. The molecule has 3 aromatic heterocycles. The predicted octanol–water partition coefficient (Wildman–Crippen LogP) is 4.22. The van der Waals surface area contributed by atoms with Crippen LogP contribution in [0.25, 0.3) is 17.0 Å². The van der Waals surface area contributed by atoms with Gasteiger partial charge in [-0.05, 0) is 93.1 Å². The molecule has 0 unspecified atom stereocenters. The fraction of sp³-hybridized carbons (Fsp3) is 0.400. The molecule has 0 bridgehead atoms. The van der Waals surface area contributed by atoms with Crippen molar-refractivity contribution in [2.24, 2.45) is 0 Å². The summed E-state index contributed by atoms with van der Waals surface area (Å²) >= 11 is 0. The number of aromatic nitrogens is 4. The number of anilines is 2. The number of hydrogen-bond acceptors (Lipinski definition) is 7. The van der Waals surface area contributed by atoms with Gasteiger partial charge in [0.1, 0.15) is 5.82 Å². The minimum Gasteiger partial charge on any atom is -0.381 e. The summed E-state index contributed by atoms with van der Waals surface area (Å²) in [6.07, 6.45) is 5.28. The van der Waals surface area contributed by atoms with E-state index in [-0.39, 0.29) is 5.91 Å². The summed E-state index contributed by atoms with van der Waals surface area (Å²) in [6.45, 7) is 2.81. The highest BCUT2D eigenvalue weighted by Crippen LogP contribution is 2.37. The molecule has 39 heavy (non-hydrogen) atoms. The molecule has 3 aliphatic rings. The van der Waals surface area contributed by atoms with Crippen LogP contribution in [-0.2, 0) is 30.7 Å². The molecule has 0 atom stereocenters. The van der Waals surface area contributed by atoms with Crippen molar-refractivity contribution in [3.63, 3.8) is 0 Å². The number of ether oxygens (including phenoxy) is 1. The Labute approximate surface area is 227 Å². The molecule has 2 aliphatic heterocycles. The molecule has 0 radical (unpaired) electrons. The summed E-state index contributed by atoms with van der Waals surface area (Å²) < 4.78 is 7.77. The second kappa shape index (κ2) is 9.73. The summed E-state index contributed by atoms with van der Waals surface area (Å²) in [5.74, 6) is 1.92. The fourth-order valence-corrected chi connectivity index (χ4v) is 6.39. The zero-order valence-electron chi connectivity index (χ0n) is 22.5. The third kappa shape index (κ3) is 4.26. The van der Waals surface area contributed by atoms with Crippen molar-refractivity contribution >= 4 is 23.1 Å². The van der Waals surface area contributed by atoms with E-state index in [0.717, 1.165) is 91.7 Å². The summed E-state index contributed by atoms with van der Waals surface area (Å²) in [5.41, 5.74) is 9.15. The van der Waals surface area contributed by atoms with Crippen molar-refractivity contribution in [1.82, 2.24) is 29.8 Å². The molecule has 9 nitrogen and oxygen atoms in total. The third-order valence-electron chi connectivity index (χ3n) is 8.23. The molecule has 7 rings (SSSR count). The van der Waals surface area contributed by atoms with E-state index < -0.39 is 0 Å². The number of pyridine rings is 2. The van der Waals surface area contributed by atoms with Crippen molar-refractivity contribution in [1.29, 1.82) is 0 Å². The topological polar surface area (TPSA) is 96.7 Å². The highest BCUT2D eigenvalue weighted by atomic mass is 16.5. The number of carbonyl (C=O) groups excluding carboxylic acids is 1. The van der Waals surface area contributed by atoms with Gasteiger partial charge in [0, 0.05) is 37.6 Å². The molecular formula is C30H33N7O2. The lowest BCUT2D eigenvalue weighted by Gasteiger charge is -2.25. The third-order valence-corrected chi connectivity index (χ3v) is 8.23. The predicted molar refractivity (Wildman–Crippen MR) is 149 cm³/mol. The Hall–Kier alpha value is -3.82. The lowest BCUT2D eigenvalue weighted by Crippen LogP contribution is -2.19. The highest BCUT2D eigenvalue weighted by Gasteiger charge is 2.29. The SMILES string of the molecule is CN(C)Cc1nc(Nc2ccc(-c3nnc4ccc5c(n34)CCC5)c3c2C(=O)NC3)ccc1C1CCOCC1. The van der Waals surface area contributed by atoms with Crippen molar-refractivity contribution in [2.45, 2.75) is 51.1 Å². The van der Waals surface area contributed by atoms with E-state index in [4.69, 9.17) is 9.72 Å². The number of nitrogens with zero attached hydrogens (tertiary/aromatic N) is 5. The van der Waals surface area contributed by atoms with Crippen molar-refractivity contribution in [3.8, 4) is 11.4 Å². The van der Waals surface area contributed by atoms with E-state index >= 15 is 0 Å². The first-order valence-electron chi connectivity index (χ1n) is 13.9. The second-order valence-electron chi connectivity index (χ2n) is 11.1. The molecule has 1 fully saturated rings. The molecule has 0 saturated carbocycles. The first kappa shape index (κ1) is 24.2. The average Bonchev–Trinajstić information content (AvgIpc) is 3.68. The molecule has 0 spiro atoms. The molecule has 1 aromatic carbocycles. The standard InChI is InChI=1S/C30H33N7O2/c1-36(2)17-24-20(18-12-14-39-15-13-18)8-10-26(33-24)32-23-9-7-21(22-16-31-30(38)28(22)23)29-35-34-27-11-6-19-4-3-5-25(19)37(27)29/h6-11,18H,3-5,12-17H2,1-2H3,(H,31,38)(H,32,33). The summed E-state index contributed by atoms with van der Waals surface area (Å²) in [6, 6.07) is 12.5. The van der Waals surface area contributed by atoms with Gasteiger partial charge in [-0.3, -0.25) is 9.20 Å². The number of rotatable bonds is 6. The molecule has 2 N–H and O–H groups in total. The van der Waals surface area contributed by atoms with Gasteiger partial charge >= 0.3 is 0 Å². The number of benzene rings is 1. The molecular weight excluding hydrogens is 490 g/mol.